The van der Waals surface area contributed by atoms with Crippen LogP contribution >= 0.6 is 45.8 Å². The summed E-state index contributed by atoms with van der Waals surface area (Å²) in [4.78, 5) is 32.6. The predicted octanol–water partition coefficient (Wildman–Crippen LogP) is 1.88. The fourth-order valence-corrected chi connectivity index (χ4v) is 5.76. The van der Waals surface area contributed by atoms with Crippen LogP contribution < -0.4 is 83.8 Å². The first kappa shape index (κ1) is 48.9. The molecule has 0 aromatic heterocycles. The smallest absolute Gasteiger partial charge is 0.813 e. The van der Waals surface area contributed by atoms with Gasteiger partial charge in [-0.2, -0.15) is 0 Å². The van der Waals surface area contributed by atoms with Gasteiger partial charge in [0, 0.05) is 16.6 Å². The molecular formula is C28H28ClN4Na2O10S4+. The number of ether oxygens (including phenoxy) is 4. The maximum absolute atomic E-state index is 11.2. The van der Waals surface area contributed by atoms with Crippen molar-refractivity contribution in [2.75, 3.05) is 34.2 Å². The van der Waals surface area contributed by atoms with E-state index in [1.807, 2.05) is 6.07 Å². The van der Waals surface area contributed by atoms with E-state index in [9.17, 15) is 30.3 Å². The van der Waals surface area contributed by atoms with Crippen molar-refractivity contribution in [3.05, 3.63) is 108 Å². The summed E-state index contributed by atoms with van der Waals surface area (Å²) < 4.78 is 19.7. The molecule has 14 nitrogen and oxygen atoms in total. The normalized spacial score (nSPS) is 9.27. The minimum Gasteiger partial charge on any atom is -0.813 e. The van der Waals surface area contributed by atoms with Crippen LogP contribution in [0, 0.1) is 30.3 Å². The van der Waals surface area contributed by atoms with Gasteiger partial charge in [0.15, 0.2) is 0 Å². The van der Waals surface area contributed by atoms with E-state index < -0.39 is 14.8 Å². The molecule has 252 valence electrons. The van der Waals surface area contributed by atoms with Crippen molar-refractivity contribution in [3.8, 4) is 23.0 Å². The Hall–Kier alpha value is -2.23. The van der Waals surface area contributed by atoms with Gasteiger partial charge in [0.1, 0.15) is 28.0 Å². The number of nitro benzene ring substituents is 3. The van der Waals surface area contributed by atoms with Gasteiger partial charge < -0.3 is 38.2 Å². The number of nitrogens with two attached hydrogens (primary N) is 1. The number of nitro groups is 3. The van der Waals surface area contributed by atoms with Crippen LogP contribution in [-0.2, 0) is 13.5 Å². The Kier molecular flexibility index (Phi) is 24.8. The van der Waals surface area contributed by atoms with E-state index in [1.54, 1.807) is 49.6 Å². The number of hydrogen-bond donors (Lipinski definition) is 2. The van der Waals surface area contributed by atoms with Gasteiger partial charge in [0.2, 0.25) is 0 Å². The van der Waals surface area contributed by atoms with Crippen LogP contribution in [0.15, 0.2) is 87.5 Å². The molecule has 0 unspecified atom stereocenters. The van der Waals surface area contributed by atoms with E-state index in [1.165, 1.54) is 45.6 Å². The second-order valence-electron chi connectivity index (χ2n) is 8.35. The summed E-state index contributed by atoms with van der Waals surface area (Å²) in [5.74, 6) is 1.92. The summed E-state index contributed by atoms with van der Waals surface area (Å²) in [5, 5.41) is 32.8. The molecule has 21 heteroatoms. The zero-order valence-corrected chi connectivity index (χ0v) is 35.2. The van der Waals surface area contributed by atoms with Gasteiger partial charge in [0.05, 0.1) is 71.2 Å². The van der Waals surface area contributed by atoms with Gasteiger partial charge >= 0.3 is 59.1 Å². The fourth-order valence-electron chi connectivity index (χ4n) is 3.18. The molecule has 4 aromatic rings. The Balaban J connectivity index is 0. The van der Waals surface area contributed by atoms with Crippen LogP contribution in [0.1, 0.15) is 0 Å². The minimum atomic E-state index is -0.551. The molecule has 4 aromatic carbocycles. The van der Waals surface area contributed by atoms with E-state index in [0.29, 0.717) is 32.7 Å². The Labute approximate surface area is 351 Å². The van der Waals surface area contributed by atoms with Crippen molar-refractivity contribution < 1.29 is 92.8 Å². The number of rotatable bonds is 10. The van der Waals surface area contributed by atoms with Crippen LogP contribution in [-0.4, -0.2) is 43.2 Å². The minimum absolute atomic E-state index is 0. The first-order chi connectivity index (χ1) is 21.8. The quantitative estimate of drug-likeness (QED) is 0.0450. The van der Waals surface area contributed by atoms with Gasteiger partial charge in [-0.1, -0.05) is 11.6 Å². The Morgan fingerprint density at radius 2 is 0.939 bits per heavy atom. The van der Waals surface area contributed by atoms with Crippen LogP contribution in [0.25, 0.3) is 0 Å². The molecule has 2 N–H and O–H groups in total. The van der Waals surface area contributed by atoms with E-state index in [-0.39, 0.29) is 94.7 Å². The van der Waals surface area contributed by atoms with Gasteiger partial charge in [-0.25, -0.2) is 0 Å². The third kappa shape index (κ3) is 15.7. The number of anilines is 1. The van der Waals surface area contributed by atoms with Crippen LogP contribution in [0.5, 0.6) is 23.0 Å². The maximum atomic E-state index is 11.2. The largest absolute Gasteiger partial charge is 1.00 e. The summed E-state index contributed by atoms with van der Waals surface area (Å²) in [5.41, 5.74) is 5.79. The Morgan fingerprint density at radius 1 is 0.612 bits per heavy atom. The molecule has 0 atom stereocenters. The first-order valence-corrected chi connectivity index (χ1v) is 15.4. The molecule has 0 aliphatic heterocycles. The number of halogens is 1. The first-order valence-electron chi connectivity index (χ1n) is 12.4. The Morgan fingerprint density at radius 3 is 1.29 bits per heavy atom. The van der Waals surface area contributed by atoms with Crippen LogP contribution in [0.3, 0.4) is 0 Å². The summed E-state index contributed by atoms with van der Waals surface area (Å²) in [6, 6.07) is 18.5. The maximum Gasteiger partial charge on any atom is 1.00 e. The SMILES string of the molecule is COc1ccc(Cl)c([N+](=O)[O-])c1.COc1ccc(S)c(N)c1.COc1ccc(SSc2ccc(OC)cc2[N+](=O)[O-])c([N+](=O)[O-])c1.[Na+].[Na+].[SH-]. The summed E-state index contributed by atoms with van der Waals surface area (Å²) in [6.07, 6.45) is 0. The van der Waals surface area contributed by atoms with Crippen molar-refractivity contribution in [2.45, 2.75) is 14.7 Å². The van der Waals surface area contributed by atoms with Gasteiger partial charge in [-0.15, -0.1) is 12.6 Å². The van der Waals surface area contributed by atoms with Crippen molar-refractivity contribution >= 4 is 82.1 Å². The van der Waals surface area contributed by atoms with Crippen molar-refractivity contribution in [3.63, 3.8) is 0 Å². The molecule has 0 aliphatic carbocycles. The standard InChI is InChI=1S/C14H12N2O6S2.C7H6ClNO3.C7H9NOS.2Na.H2S/c1-21-9-3-5-13(11(7-9)15(17)18)23-24-14-6-4-10(22-2)8-12(14)16(19)20;1-12-5-2-3-6(8)7(4-5)9(10)11;1-9-5-2-3-7(10)6(8)4-5;;;/h3-8H,1-2H3;2-4H,1H3;2-4,10H,8H2,1H3;;;1H2/q;;;2*+1;/p-1. The number of nitrogen functional groups attached to an aromatic ring is 1. The van der Waals surface area contributed by atoms with E-state index in [4.69, 9.17) is 36.3 Å². The number of nitrogens with zero attached hydrogens (tertiary/aromatic N) is 3. The molecule has 4 rings (SSSR count). The van der Waals surface area contributed by atoms with Gasteiger partial charge in [0.25, 0.3) is 17.1 Å². The summed E-state index contributed by atoms with van der Waals surface area (Å²) in [6.45, 7) is 0. The number of methoxy groups -OCH3 is 4. The topological polar surface area (TPSA) is 192 Å². The molecule has 0 bridgehead atoms. The number of thiol groups is 2. The third-order valence-electron chi connectivity index (χ3n) is 5.53. The molecule has 0 spiro atoms. The molecule has 0 fully saturated rings. The molecule has 0 saturated carbocycles. The predicted molar refractivity (Wildman–Crippen MR) is 189 cm³/mol. The second-order valence-corrected chi connectivity index (χ2v) is 11.4. The monoisotopic (exact) mass is 789 g/mol. The molecule has 0 aliphatic rings. The third-order valence-corrected chi connectivity index (χ3v) is 8.72. The van der Waals surface area contributed by atoms with Crippen LogP contribution in [0.4, 0.5) is 22.7 Å². The zero-order chi connectivity index (χ0) is 34.4. The summed E-state index contributed by atoms with van der Waals surface area (Å²) in [7, 11) is 8.01. The van der Waals surface area contributed by atoms with Gasteiger partial charge in [-0.3, -0.25) is 30.3 Å². The zero-order valence-electron chi connectivity index (χ0n) is 27.0. The van der Waals surface area contributed by atoms with Gasteiger partial charge in [-0.05, 0) is 70.1 Å². The summed E-state index contributed by atoms with van der Waals surface area (Å²) >= 11 is 9.65. The van der Waals surface area contributed by atoms with Crippen molar-refractivity contribution in [1.82, 2.24) is 0 Å². The molecule has 49 heavy (non-hydrogen) atoms. The molecule has 0 radical (unpaired) electrons. The van der Waals surface area contributed by atoms with E-state index in [0.717, 1.165) is 32.2 Å². The average Bonchev–Trinajstić information content (AvgIpc) is 3.05. The molecule has 0 heterocycles. The van der Waals surface area contributed by atoms with E-state index >= 15 is 0 Å². The van der Waals surface area contributed by atoms with Crippen LogP contribution in [0.2, 0.25) is 5.02 Å². The average molecular weight is 790 g/mol. The Bertz CT molecular complexity index is 1650. The number of hydrogen-bond acceptors (Lipinski definition) is 15. The second kappa shape index (κ2) is 24.8. The van der Waals surface area contributed by atoms with E-state index in [2.05, 4.69) is 12.6 Å². The van der Waals surface area contributed by atoms with Crippen molar-refractivity contribution in [2.24, 2.45) is 0 Å². The fraction of sp³-hybridized carbons (Fsp3) is 0.143. The molecule has 0 amide bonds. The van der Waals surface area contributed by atoms with Crippen molar-refractivity contribution in [1.29, 1.82) is 0 Å². The number of benzene rings is 4. The molecular weight excluding hydrogens is 762 g/mol. The molecule has 0 saturated heterocycles.